The van der Waals surface area contributed by atoms with Gasteiger partial charge in [-0.2, -0.15) is 0 Å². The van der Waals surface area contributed by atoms with Gasteiger partial charge >= 0.3 is 11.9 Å². The van der Waals surface area contributed by atoms with Gasteiger partial charge in [0.1, 0.15) is 0 Å². The Morgan fingerprint density at radius 1 is 0.912 bits per heavy atom. The predicted molar refractivity (Wildman–Crippen MR) is 128 cm³/mol. The molecule has 0 bridgehead atoms. The first-order chi connectivity index (χ1) is 16.3. The number of esters is 2. The fraction of sp³-hybridized carbons (Fsp3) is 0.346. The van der Waals surface area contributed by atoms with Gasteiger partial charge < -0.3 is 23.7 Å². The van der Waals surface area contributed by atoms with E-state index in [-0.39, 0.29) is 17.2 Å². The Morgan fingerprint density at radius 2 is 1.56 bits per heavy atom. The maximum Gasteiger partial charge on any atom is 0.339 e. The molecule has 0 aliphatic rings. The van der Waals surface area contributed by atoms with Crippen molar-refractivity contribution in [3.63, 3.8) is 0 Å². The quantitative estimate of drug-likeness (QED) is 0.403. The highest BCUT2D eigenvalue weighted by Gasteiger charge is 2.27. The van der Waals surface area contributed by atoms with Crippen LogP contribution in [0.1, 0.15) is 48.4 Å². The highest BCUT2D eigenvalue weighted by Crippen LogP contribution is 2.41. The van der Waals surface area contributed by atoms with E-state index in [0.717, 1.165) is 0 Å². The molecule has 0 unspecified atom stereocenters. The summed E-state index contributed by atoms with van der Waals surface area (Å²) in [4.78, 5) is 30.0. The fourth-order valence-corrected chi connectivity index (χ4v) is 3.70. The Morgan fingerprint density at radius 3 is 2.15 bits per heavy atom. The summed E-state index contributed by atoms with van der Waals surface area (Å²) in [5, 5.41) is 1.33. The minimum absolute atomic E-state index is 0.0756. The Balaban J connectivity index is 2.47. The molecule has 180 valence electrons. The third kappa shape index (κ3) is 5.06. The number of pyridine rings is 1. The maximum absolute atomic E-state index is 13.0. The number of carbonyl (C=O) groups is 2. The first-order valence-electron chi connectivity index (χ1n) is 11.0. The SMILES string of the molecule is CCOc1cc2cc(C(=O)OC)c(C(=O)OC)c(-c3ccnc(OC(C)C)c3)c2cc1OCC. The molecule has 8 heteroatoms. The Kier molecular flexibility index (Phi) is 7.94. The van der Waals surface area contributed by atoms with Gasteiger partial charge in [0.25, 0.3) is 0 Å². The smallest absolute Gasteiger partial charge is 0.339 e. The molecule has 0 saturated carbocycles. The van der Waals surface area contributed by atoms with Crippen LogP contribution in [0.25, 0.3) is 21.9 Å². The highest BCUT2D eigenvalue weighted by molar-refractivity contribution is 6.16. The van der Waals surface area contributed by atoms with Crippen LogP contribution < -0.4 is 14.2 Å². The third-order valence-corrected chi connectivity index (χ3v) is 4.98. The van der Waals surface area contributed by atoms with Gasteiger partial charge in [0.15, 0.2) is 11.5 Å². The molecule has 0 saturated heterocycles. The zero-order chi connectivity index (χ0) is 24.8. The van der Waals surface area contributed by atoms with E-state index in [1.807, 2.05) is 27.7 Å². The summed E-state index contributed by atoms with van der Waals surface area (Å²) >= 11 is 0. The molecule has 0 amide bonds. The van der Waals surface area contributed by atoms with Crippen LogP contribution in [-0.2, 0) is 9.47 Å². The molecular formula is C26H29NO7. The summed E-state index contributed by atoms with van der Waals surface area (Å²) in [7, 11) is 2.53. The molecule has 8 nitrogen and oxygen atoms in total. The summed E-state index contributed by atoms with van der Waals surface area (Å²) < 4.78 is 27.4. The number of hydrogen-bond acceptors (Lipinski definition) is 8. The molecule has 0 aliphatic heterocycles. The van der Waals surface area contributed by atoms with Crippen LogP contribution in [-0.4, -0.2) is 50.5 Å². The van der Waals surface area contributed by atoms with Crippen LogP contribution in [0.3, 0.4) is 0 Å². The second kappa shape index (κ2) is 10.9. The molecule has 1 aromatic heterocycles. The Bertz CT molecular complexity index is 1200. The zero-order valence-electron chi connectivity index (χ0n) is 20.3. The molecule has 0 radical (unpaired) electrons. The van der Waals surface area contributed by atoms with Crippen molar-refractivity contribution in [3.05, 3.63) is 47.7 Å². The first-order valence-corrected chi connectivity index (χ1v) is 11.0. The summed E-state index contributed by atoms with van der Waals surface area (Å²) in [6.07, 6.45) is 1.49. The number of methoxy groups -OCH3 is 2. The van der Waals surface area contributed by atoms with Crippen LogP contribution in [0.5, 0.6) is 17.4 Å². The average Bonchev–Trinajstić information content (AvgIpc) is 2.82. The van der Waals surface area contributed by atoms with E-state index in [4.69, 9.17) is 23.7 Å². The summed E-state index contributed by atoms with van der Waals surface area (Å²) in [5.74, 6) is 0.0988. The summed E-state index contributed by atoms with van der Waals surface area (Å²) in [6.45, 7) is 8.39. The molecule has 0 atom stereocenters. The van der Waals surface area contributed by atoms with Gasteiger partial charge in [-0.15, -0.1) is 0 Å². The minimum atomic E-state index is -0.674. The number of nitrogens with zero attached hydrogens (tertiary/aromatic N) is 1. The summed E-state index contributed by atoms with van der Waals surface area (Å²) in [5.41, 5.74) is 1.25. The Hall–Kier alpha value is -3.81. The van der Waals surface area contributed by atoms with Crippen LogP contribution >= 0.6 is 0 Å². The maximum atomic E-state index is 13.0. The number of aromatic nitrogens is 1. The van der Waals surface area contributed by atoms with Gasteiger partial charge in [0.2, 0.25) is 5.88 Å². The number of fused-ring (bicyclic) bond motifs is 1. The number of hydrogen-bond donors (Lipinski definition) is 0. The fourth-order valence-electron chi connectivity index (χ4n) is 3.70. The van der Waals surface area contributed by atoms with Crippen molar-refractivity contribution in [1.29, 1.82) is 0 Å². The monoisotopic (exact) mass is 467 g/mol. The van der Waals surface area contributed by atoms with Crippen LogP contribution in [0.15, 0.2) is 36.5 Å². The second-order valence-electron chi connectivity index (χ2n) is 7.59. The molecule has 0 N–H and O–H groups in total. The normalized spacial score (nSPS) is 10.8. The third-order valence-electron chi connectivity index (χ3n) is 4.98. The number of rotatable bonds is 9. The molecule has 0 spiro atoms. The van der Waals surface area contributed by atoms with E-state index in [9.17, 15) is 9.59 Å². The highest BCUT2D eigenvalue weighted by atomic mass is 16.5. The van der Waals surface area contributed by atoms with Gasteiger partial charge in [0.05, 0.1) is 44.7 Å². The molecule has 0 aliphatic carbocycles. The molecule has 2 aromatic carbocycles. The summed E-state index contributed by atoms with van der Waals surface area (Å²) in [6, 6.07) is 8.65. The molecule has 3 aromatic rings. The van der Waals surface area contributed by atoms with Crippen LogP contribution in [0.2, 0.25) is 0 Å². The molecule has 34 heavy (non-hydrogen) atoms. The van der Waals surface area contributed by atoms with E-state index in [2.05, 4.69) is 4.98 Å². The second-order valence-corrected chi connectivity index (χ2v) is 7.59. The van der Waals surface area contributed by atoms with Crippen LogP contribution in [0, 0.1) is 0 Å². The molecule has 1 heterocycles. The van der Waals surface area contributed by atoms with E-state index in [1.165, 1.54) is 14.2 Å². The van der Waals surface area contributed by atoms with Crippen molar-refractivity contribution < 1.29 is 33.3 Å². The van der Waals surface area contributed by atoms with Crippen molar-refractivity contribution in [3.8, 4) is 28.5 Å². The molecular weight excluding hydrogens is 438 g/mol. The van der Waals surface area contributed by atoms with Crippen LogP contribution in [0.4, 0.5) is 0 Å². The van der Waals surface area contributed by atoms with Crippen molar-refractivity contribution in [2.24, 2.45) is 0 Å². The van der Waals surface area contributed by atoms with E-state index < -0.39 is 11.9 Å². The standard InChI is InChI=1S/C26H29NO7/c1-7-32-20-12-17-11-19(25(28)30-5)24(26(29)31-6)23(18(17)14-21(20)33-8-2)16-9-10-27-22(13-16)34-15(3)4/h9-15H,7-8H2,1-6H3. The zero-order valence-corrected chi connectivity index (χ0v) is 20.3. The lowest BCUT2D eigenvalue weighted by Crippen LogP contribution is -2.14. The topological polar surface area (TPSA) is 93.2 Å². The lowest BCUT2D eigenvalue weighted by atomic mass is 9.89. The predicted octanol–water partition coefficient (Wildman–Crippen LogP) is 5.06. The molecule has 3 rings (SSSR count). The average molecular weight is 468 g/mol. The number of ether oxygens (including phenoxy) is 5. The van der Waals surface area contributed by atoms with Gasteiger partial charge in [-0.3, -0.25) is 0 Å². The van der Waals surface area contributed by atoms with Crippen molar-refractivity contribution in [2.75, 3.05) is 27.4 Å². The molecule has 0 fully saturated rings. The number of benzene rings is 2. The van der Waals surface area contributed by atoms with Gasteiger partial charge in [-0.05, 0) is 68.3 Å². The lowest BCUT2D eigenvalue weighted by molar-refractivity contribution is 0.0556. The Labute approximate surface area is 198 Å². The van der Waals surface area contributed by atoms with E-state index in [0.29, 0.717) is 52.5 Å². The van der Waals surface area contributed by atoms with Gasteiger partial charge in [-0.25, -0.2) is 14.6 Å². The largest absolute Gasteiger partial charge is 0.490 e. The lowest BCUT2D eigenvalue weighted by Gasteiger charge is -2.19. The van der Waals surface area contributed by atoms with Gasteiger partial charge in [-0.1, -0.05) is 0 Å². The minimum Gasteiger partial charge on any atom is -0.490 e. The van der Waals surface area contributed by atoms with Crippen molar-refractivity contribution >= 4 is 22.7 Å². The van der Waals surface area contributed by atoms with E-state index >= 15 is 0 Å². The van der Waals surface area contributed by atoms with Gasteiger partial charge in [0, 0.05) is 17.8 Å². The number of carbonyl (C=O) groups excluding carboxylic acids is 2. The first kappa shape index (κ1) is 24.8. The van der Waals surface area contributed by atoms with E-state index in [1.54, 1.807) is 36.5 Å². The van der Waals surface area contributed by atoms with Crippen molar-refractivity contribution in [1.82, 2.24) is 4.98 Å². The van der Waals surface area contributed by atoms with Crippen molar-refractivity contribution in [2.45, 2.75) is 33.8 Å².